The van der Waals surface area contributed by atoms with E-state index in [2.05, 4.69) is 10.3 Å². The molecule has 0 radical (unpaired) electrons. The Kier molecular flexibility index (Phi) is 4.22. The number of amides is 1. The highest BCUT2D eigenvalue weighted by atomic mass is 35.5. The molecule has 2 aromatic heterocycles. The number of benzene rings is 2. The number of methoxy groups -OCH3 is 1. The van der Waals surface area contributed by atoms with Gasteiger partial charge in [-0.25, -0.2) is 4.98 Å². The number of rotatable bonds is 4. The zero-order valence-electron chi connectivity index (χ0n) is 14.0. The van der Waals surface area contributed by atoms with E-state index in [0.29, 0.717) is 17.3 Å². The number of ether oxygens (including phenoxy) is 1. The SMILES string of the molecule is COc1ccc2nc3oc(C(=O)NCc4ccccc4Cl)cc3cc2c1. The maximum absolute atomic E-state index is 12.4. The number of hydrogen-bond acceptors (Lipinski definition) is 4. The van der Waals surface area contributed by atoms with Crippen LogP contribution in [0.4, 0.5) is 0 Å². The minimum Gasteiger partial charge on any atom is -0.497 e. The van der Waals surface area contributed by atoms with E-state index < -0.39 is 0 Å². The van der Waals surface area contributed by atoms with Crippen molar-refractivity contribution in [3.63, 3.8) is 0 Å². The summed E-state index contributed by atoms with van der Waals surface area (Å²) in [6, 6.07) is 16.6. The van der Waals surface area contributed by atoms with Gasteiger partial charge in [-0.15, -0.1) is 0 Å². The first-order valence-corrected chi connectivity index (χ1v) is 8.42. The summed E-state index contributed by atoms with van der Waals surface area (Å²) in [5.41, 5.74) is 2.04. The van der Waals surface area contributed by atoms with Gasteiger partial charge in [0.15, 0.2) is 5.76 Å². The van der Waals surface area contributed by atoms with Crippen molar-refractivity contribution in [1.29, 1.82) is 0 Å². The summed E-state index contributed by atoms with van der Waals surface area (Å²) in [5.74, 6) is 0.645. The van der Waals surface area contributed by atoms with Gasteiger partial charge in [-0.1, -0.05) is 29.8 Å². The van der Waals surface area contributed by atoms with Crippen LogP contribution in [0.2, 0.25) is 5.02 Å². The van der Waals surface area contributed by atoms with Gasteiger partial charge in [0.2, 0.25) is 5.71 Å². The molecule has 4 rings (SSSR count). The Morgan fingerprint density at radius 2 is 2.00 bits per heavy atom. The summed E-state index contributed by atoms with van der Waals surface area (Å²) in [6.07, 6.45) is 0. The Hall–Kier alpha value is -3.05. The van der Waals surface area contributed by atoms with Gasteiger partial charge in [0.05, 0.1) is 12.6 Å². The van der Waals surface area contributed by atoms with E-state index in [0.717, 1.165) is 27.6 Å². The molecule has 2 aromatic carbocycles. The van der Waals surface area contributed by atoms with Gasteiger partial charge in [-0.3, -0.25) is 4.79 Å². The predicted octanol–water partition coefficient (Wildman–Crippen LogP) is 4.57. The van der Waals surface area contributed by atoms with Crippen LogP contribution in [0.5, 0.6) is 5.75 Å². The average Bonchev–Trinajstić information content (AvgIpc) is 3.07. The van der Waals surface area contributed by atoms with E-state index >= 15 is 0 Å². The van der Waals surface area contributed by atoms with E-state index in [4.69, 9.17) is 20.8 Å². The molecule has 0 unspecified atom stereocenters. The van der Waals surface area contributed by atoms with E-state index in [1.165, 1.54) is 0 Å². The third-order valence-electron chi connectivity index (χ3n) is 4.13. The Morgan fingerprint density at radius 3 is 2.81 bits per heavy atom. The molecule has 0 fully saturated rings. The van der Waals surface area contributed by atoms with Crippen molar-refractivity contribution < 1.29 is 13.9 Å². The van der Waals surface area contributed by atoms with Crippen molar-refractivity contribution in [1.82, 2.24) is 10.3 Å². The minimum atomic E-state index is -0.315. The van der Waals surface area contributed by atoms with Crippen LogP contribution in [0, 0.1) is 0 Å². The first-order valence-electron chi connectivity index (χ1n) is 8.04. The summed E-state index contributed by atoms with van der Waals surface area (Å²) in [5, 5.41) is 5.10. The topological polar surface area (TPSA) is 64.4 Å². The van der Waals surface area contributed by atoms with Crippen molar-refractivity contribution in [2.75, 3.05) is 7.11 Å². The second-order valence-electron chi connectivity index (χ2n) is 5.83. The molecule has 26 heavy (non-hydrogen) atoms. The van der Waals surface area contributed by atoms with Gasteiger partial charge in [-0.2, -0.15) is 0 Å². The summed E-state index contributed by atoms with van der Waals surface area (Å²) in [6.45, 7) is 0.322. The first kappa shape index (κ1) is 16.4. The minimum absolute atomic E-state index is 0.210. The molecule has 0 spiro atoms. The summed E-state index contributed by atoms with van der Waals surface area (Å²) >= 11 is 6.11. The molecule has 4 aromatic rings. The van der Waals surface area contributed by atoms with Gasteiger partial charge in [0.1, 0.15) is 5.75 Å². The molecule has 0 aliphatic rings. The molecule has 0 aliphatic heterocycles. The molecular formula is C20H15ClN2O3. The molecule has 0 bridgehead atoms. The highest BCUT2D eigenvalue weighted by molar-refractivity contribution is 6.31. The standard InChI is InChI=1S/C20H15ClN2O3/c1-25-15-6-7-17-13(9-15)8-14-10-18(26-20(14)23-17)19(24)22-11-12-4-2-3-5-16(12)21/h2-10H,11H2,1H3,(H,22,24). The number of furan rings is 1. The zero-order chi connectivity index (χ0) is 18.1. The van der Waals surface area contributed by atoms with Crippen LogP contribution in [-0.4, -0.2) is 18.0 Å². The van der Waals surface area contributed by atoms with E-state index in [9.17, 15) is 4.79 Å². The lowest BCUT2D eigenvalue weighted by molar-refractivity contribution is 0.0925. The third-order valence-corrected chi connectivity index (χ3v) is 4.50. The maximum Gasteiger partial charge on any atom is 0.287 e. The predicted molar refractivity (Wildman–Crippen MR) is 101 cm³/mol. The van der Waals surface area contributed by atoms with Crippen LogP contribution in [0.1, 0.15) is 16.1 Å². The van der Waals surface area contributed by atoms with Gasteiger partial charge < -0.3 is 14.5 Å². The summed E-state index contributed by atoms with van der Waals surface area (Å²) in [7, 11) is 1.62. The van der Waals surface area contributed by atoms with Crippen molar-refractivity contribution in [2.24, 2.45) is 0 Å². The van der Waals surface area contributed by atoms with Crippen molar-refractivity contribution in [3.05, 3.63) is 70.9 Å². The smallest absolute Gasteiger partial charge is 0.287 e. The average molecular weight is 367 g/mol. The van der Waals surface area contributed by atoms with Crippen LogP contribution in [0.3, 0.4) is 0 Å². The first-order chi connectivity index (χ1) is 12.6. The van der Waals surface area contributed by atoms with Crippen molar-refractivity contribution in [2.45, 2.75) is 6.54 Å². The maximum atomic E-state index is 12.4. The van der Waals surface area contributed by atoms with Crippen molar-refractivity contribution >= 4 is 39.5 Å². The Morgan fingerprint density at radius 1 is 1.15 bits per heavy atom. The number of carbonyl (C=O) groups excluding carboxylic acids is 1. The Bertz CT molecular complexity index is 1120. The monoisotopic (exact) mass is 366 g/mol. The number of fused-ring (bicyclic) bond motifs is 2. The third kappa shape index (κ3) is 3.09. The van der Waals surface area contributed by atoms with Gasteiger partial charge in [0.25, 0.3) is 5.91 Å². The van der Waals surface area contributed by atoms with Gasteiger partial charge >= 0.3 is 0 Å². The van der Waals surface area contributed by atoms with Gasteiger partial charge in [0, 0.05) is 22.3 Å². The number of halogens is 1. The van der Waals surface area contributed by atoms with E-state index in [-0.39, 0.29) is 11.7 Å². The number of aromatic nitrogens is 1. The van der Waals surface area contributed by atoms with Crippen LogP contribution >= 0.6 is 11.6 Å². The number of carbonyl (C=O) groups is 1. The molecular weight excluding hydrogens is 352 g/mol. The summed E-state index contributed by atoms with van der Waals surface area (Å²) in [4.78, 5) is 16.9. The molecule has 1 amide bonds. The van der Waals surface area contributed by atoms with E-state index in [1.54, 1.807) is 19.2 Å². The largest absolute Gasteiger partial charge is 0.497 e. The highest BCUT2D eigenvalue weighted by Gasteiger charge is 2.14. The molecule has 1 N–H and O–H groups in total. The lowest BCUT2D eigenvalue weighted by atomic mass is 10.2. The zero-order valence-corrected chi connectivity index (χ0v) is 14.7. The Balaban J connectivity index is 1.61. The number of nitrogens with one attached hydrogen (secondary N) is 1. The fourth-order valence-electron chi connectivity index (χ4n) is 2.76. The quantitative estimate of drug-likeness (QED) is 0.574. The fourth-order valence-corrected chi connectivity index (χ4v) is 2.96. The number of pyridine rings is 1. The number of nitrogens with zero attached hydrogens (tertiary/aromatic N) is 1. The molecule has 6 heteroatoms. The second-order valence-corrected chi connectivity index (χ2v) is 6.23. The lowest BCUT2D eigenvalue weighted by Crippen LogP contribution is -2.22. The molecule has 0 atom stereocenters. The summed E-state index contributed by atoms with van der Waals surface area (Å²) < 4.78 is 10.9. The van der Waals surface area contributed by atoms with Crippen molar-refractivity contribution in [3.8, 4) is 5.75 Å². The fraction of sp³-hybridized carbons (Fsp3) is 0.100. The van der Waals surface area contributed by atoms with Crippen LogP contribution < -0.4 is 10.1 Å². The molecule has 0 saturated carbocycles. The van der Waals surface area contributed by atoms with Crippen LogP contribution in [-0.2, 0) is 6.54 Å². The molecule has 130 valence electrons. The normalized spacial score (nSPS) is 11.0. The lowest BCUT2D eigenvalue weighted by Gasteiger charge is -2.04. The molecule has 0 saturated heterocycles. The highest BCUT2D eigenvalue weighted by Crippen LogP contribution is 2.26. The van der Waals surface area contributed by atoms with Gasteiger partial charge in [-0.05, 0) is 42.0 Å². The second kappa shape index (κ2) is 6.69. The van der Waals surface area contributed by atoms with Crippen LogP contribution in [0.25, 0.3) is 22.0 Å². The molecule has 5 nitrogen and oxygen atoms in total. The van der Waals surface area contributed by atoms with E-state index in [1.807, 2.05) is 42.5 Å². The molecule has 0 aliphatic carbocycles. The molecule has 2 heterocycles. The Labute approximate surface area is 154 Å². The van der Waals surface area contributed by atoms with Crippen LogP contribution in [0.15, 0.2) is 59.0 Å². The number of hydrogen-bond donors (Lipinski definition) is 1.